The number of carbonyl (C=O) groups excluding carboxylic acids is 1. The van der Waals surface area contributed by atoms with E-state index in [1.54, 1.807) is 4.90 Å². The van der Waals surface area contributed by atoms with Gasteiger partial charge in [-0.15, -0.1) is 0 Å². The normalized spacial score (nSPS) is 15.6. The standard InChI is InChI=1S/C15H29N3O3/c1-5-6-10-20-11-8-17-13-12-18(9-7-16-13)14(19)21-15(2,3)4/h5-12H2,1-4H3,(H,16,17). The molecule has 0 spiro atoms. The molecule has 0 saturated heterocycles. The van der Waals surface area contributed by atoms with E-state index in [1.807, 2.05) is 20.8 Å². The Kier molecular flexibility index (Phi) is 7.50. The molecule has 0 saturated carbocycles. The van der Waals surface area contributed by atoms with Crippen LogP contribution in [0.4, 0.5) is 4.79 Å². The number of amidine groups is 1. The Bertz CT molecular complexity index is 351. The molecule has 122 valence electrons. The van der Waals surface area contributed by atoms with Crippen LogP contribution in [0.15, 0.2) is 4.99 Å². The molecule has 21 heavy (non-hydrogen) atoms. The zero-order valence-electron chi connectivity index (χ0n) is 13.8. The molecule has 1 heterocycles. The third kappa shape index (κ3) is 7.90. The van der Waals surface area contributed by atoms with E-state index >= 15 is 0 Å². The van der Waals surface area contributed by atoms with E-state index < -0.39 is 5.60 Å². The summed E-state index contributed by atoms with van der Waals surface area (Å²) in [4.78, 5) is 18.1. The fourth-order valence-corrected chi connectivity index (χ4v) is 1.83. The zero-order valence-corrected chi connectivity index (χ0v) is 13.8. The van der Waals surface area contributed by atoms with Gasteiger partial charge in [0.15, 0.2) is 0 Å². The van der Waals surface area contributed by atoms with Crippen molar-refractivity contribution in [3.63, 3.8) is 0 Å². The highest BCUT2D eigenvalue weighted by Gasteiger charge is 2.24. The minimum absolute atomic E-state index is 0.282. The molecule has 0 aliphatic carbocycles. The van der Waals surface area contributed by atoms with Crippen LogP contribution >= 0.6 is 0 Å². The monoisotopic (exact) mass is 299 g/mol. The van der Waals surface area contributed by atoms with Crippen molar-refractivity contribution in [2.75, 3.05) is 39.4 Å². The van der Waals surface area contributed by atoms with Crippen LogP contribution in [0.2, 0.25) is 0 Å². The van der Waals surface area contributed by atoms with Crippen molar-refractivity contribution in [3.05, 3.63) is 0 Å². The van der Waals surface area contributed by atoms with Crippen molar-refractivity contribution < 1.29 is 14.3 Å². The number of amides is 1. The largest absolute Gasteiger partial charge is 0.444 e. The molecule has 6 heteroatoms. The Morgan fingerprint density at radius 2 is 2.14 bits per heavy atom. The third-order valence-electron chi connectivity index (χ3n) is 2.88. The Labute approximate surface area is 127 Å². The van der Waals surface area contributed by atoms with Gasteiger partial charge in [-0.05, 0) is 27.2 Å². The highest BCUT2D eigenvalue weighted by atomic mass is 16.6. The van der Waals surface area contributed by atoms with E-state index in [4.69, 9.17) is 9.47 Å². The first kappa shape index (κ1) is 17.8. The highest BCUT2D eigenvalue weighted by Crippen LogP contribution is 2.10. The van der Waals surface area contributed by atoms with Gasteiger partial charge in [0.2, 0.25) is 0 Å². The third-order valence-corrected chi connectivity index (χ3v) is 2.88. The van der Waals surface area contributed by atoms with Crippen LogP contribution in [0.5, 0.6) is 0 Å². The van der Waals surface area contributed by atoms with Crippen LogP contribution < -0.4 is 5.32 Å². The minimum atomic E-state index is -0.466. The number of hydrogen-bond donors (Lipinski definition) is 1. The van der Waals surface area contributed by atoms with Crippen molar-refractivity contribution >= 4 is 11.9 Å². The van der Waals surface area contributed by atoms with Crippen LogP contribution in [0.25, 0.3) is 0 Å². The van der Waals surface area contributed by atoms with E-state index in [-0.39, 0.29) is 6.09 Å². The van der Waals surface area contributed by atoms with Gasteiger partial charge in [0.05, 0.1) is 19.7 Å². The lowest BCUT2D eigenvalue weighted by molar-refractivity contribution is 0.0276. The van der Waals surface area contributed by atoms with Gasteiger partial charge in [0.25, 0.3) is 0 Å². The second-order valence-electron chi connectivity index (χ2n) is 6.12. The minimum Gasteiger partial charge on any atom is -0.444 e. The maximum Gasteiger partial charge on any atom is 0.410 e. The number of ether oxygens (including phenoxy) is 2. The number of aliphatic imine (C=N–C) groups is 1. The summed E-state index contributed by atoms with van der Waals surface area (Å²) < 4.78 is 10.9. The summed E-state index contributed by atoms with van der Waals surface area (Å²) in [6.45, 7) is 11.6. The molecule has 0 aromatic carbocycles. The van der Waals surface area contributed by atoms with Gasteiger partial charge in [-0.2, -0.15) is 0 Å². The van der Waals surface area contributed by atoms with Gasteiger partial charge < -0.3 is 14.8 Å². The second-order valence-corrected chi connectivity index (χ2v) is 6.12. The molecule has 1 rings (SSSR count). The lowest BCUT2D eigenvalue weighted by atomic mass is 10.2. The first-order valence-corrected chi connectivity index (χ1v) is 7.75. The quantitative estimate of drug-likeness (QED) is 0.762. The average Bonchev–Trinajstić information content (AvgIpc) is 2.41. The predicted molar refractivity (Wildman–Crippen MR) is 83.8 cm³/mol. The van der Waals surface area contributed by atoms with Gasteiger partial charge >= 0.3 is 6.09 Å². The molecule has 0 unspecified atom stereocenters. The molecule has 0 radical (unpaired) electrons. The van der Waals surface area contributed by atoms with Gasteiger partial charge in [-0.25, -0.2) is 4.79 Å². The van der Waals surface area contributed by atoms with Crippen LogP contribution in [0.1, 0.15) is 40.5 Å². The fourth-order valence-electron chi connectivity index (χ4n) is 1.83. The summed E-state index contributed by atoms with van der Waals surface area (Å²) in [6.07, 6.45) is 1.95. The van der Waals surface area contributed by atoms with Crippen LogP contribution in [-0.2, 0) is 9.47 Å². The summed E-state index contributed by atoms with van der Waals surface area (Å²) in [6, 6.07) is 0. The summed E-state index contributed by atoms with van der Waals surface area (Å²) >= 11 is 0. The topological polar surface area (TPSA) is 63.2 Å². The molecule has 1 N–H and O–H groups in total. The molecule has 1 aliphatic heterocycles. The van der Waals surface area contributed by atoms with Crippen molar-refractivity contribution in [1.82, 2.24) is 10.2 Å². The van der Waals surface area contributed by atoms with Crippen LogP contribution in [0, 0.1) is 0 Å². The molecule has 6 nitrogen and oxygen atoms in total. The SMILES string of the molecule is CCCCOCCNC1=NCCN(C(=O)OC(C)(C)C)C1. The summed E-state index contributed by atoms with van der Waals surface area (Å²) in [5.41, 5.74) is -0.466. The molecule has 0 atom stereocenters. The maximum atomic E-state index is 12.0. The molecule has 0 aromatic heterocycles. The Hall–Kier alpha value is -1.30. The molecule has 0 aromatic rings. The Balaban J connectivity index is 2.25. The Morgan fingerprint density at radius 1 is 1.38 bits per heavy atom. The predicted octanol–water partition coefficient (Wildman–Crippen LogP) is 2.04. The van der Waals surface area contributed by atoms with Gasteiger partial charge in [0.1, 0.15) is 11.4 Å². The smallest absolute Gasteiger partial charge is 0.410 e. The van der Waals surface area contributed by atoms with E-state index in [0.29, 0.717) is 32.8 Å². The first-order valence-electron chi connectivity index (χ1n) is 7.75. The van der Waals surface area contributed by atoms with Crippen LogP contribution in [-0.4, -0.2) is 61.8 Å². The maximum absolute atomic E-state index is 12.0. The second kappa shape index (κ2) is 8.87. The highest BCUT2D eigenvalue weighted by molar-refractivity contribution is 5.87. The number of nitrogens with one attached hydrogen (secondary N) is 1. The molecule has 0 fully saturated rings. The molecule has 1 aliphatic rings. The Morgan fingerprint density at radius 3 is 2.81 bits per heavy atom. The van der Waals surface area contributed by atoms with E-state index in [0.717, 1.165) is 25.3 Å². The van der Waals surface area contributed by atoms with Gasteiger partial charge in [0, 0.05) is 19.7 Å². The van der Waals surface area contributed by atoms with E-state index in [1.165, 1.54) is 0 Å². The number of nitrogens with zero attached hydrogens (tertiary/aromatic N) is 2. The van der Waals surface area contributed by atoms with Crippen molar-refractivity contribution in [3.8, 4) is 0 Å². The van der Waals surface area contributed by atoms with Crippen molar-refractivity contribution in [2.45, 2.75) is 46.1 Å². The molecule has 0 bridgehead atoms. The average molecular weight is 299 g/mol. The molecular weight excluding hydrogens is 270 g/mol. The molecule has 1 amide bonds. The van der Waals surface area contributed by atoms with Crippen molar-refractivity contribution in [1.29, 1.82) is 0 Å². The number of rotatable bonds is 6. The van der Waals surface area contributed by atoms with Crippen molar-refractivity contribution in [2.24, 2.45) is 4.99 Å². The number of carbonyl (C=O) groups is 1. The van der Waals surface area contributed by atoms with Gasteiger partial charge in [-0.1, -0.05) is 13.3 Å². The first-order chi connectivity index (χ1) is 9.92. The van der Waals surface area contributed by atoms with E-state index in [9.17, 15) is 4.79 Å². The summed E-state index contributed by atoms with van der Waals surface area (Å²) in [5.74, 6) is 0.825. The fraction of sp³-hybridized carbons (Fsp3) is 0.867. The summed E-state index contributed by atoms with van der Waals surface area (Å²) in [7, 11) is 0. The molecular formula is C15H29N3O3. The zero-order chi connectivity index (χ0) is 15.7. The van der Waals surface area contributed by atoms with Gasteiger partial charge in [-0.3, -0.25) is 9.89 Å². The lowest BCUT2D eigenvalue weighted by Gasteiger charge is -2.29. The number of hydrogen-bond acceptors (Lipinski definition) is 5. The lowest BCUT2D eigenvalue weighted by Crippen LogP contribution is -2.47. The number of unbranched alkanes of at least 4 members (excludes halogenated alkanes) is 1. The van der Waals surface area contributed by atoms with Crippen LogP contribution in [0.3, 0.4) is 0 Å². The summed E-state index contributed by atoms with van der Waals surface area (Å²) in [5, 5.41) is 3.22. The van der Waals surface area contributed by atoms with E-state index in [2.05, 4.69) is 17.2 Å².